The highest BCUT2D eigenvalue weighted by Crippen LogP contribution is 2.31. The zero-order valence-corrected chi connectivity index (χ0v) is 15.4. The van der Waals surface area contributed by atoms with Gasteiger partial charge in [0.2, 0.25) is 5.82 Å². The summed E-state index contributed by atoms with van der Waals surface area (Å²) in [7, 11) is 1.80. The molecule has 6 nitrogen and oxygen atoms in total. The number of likely N-dealkylation sites (N-methyl/N-ethyl adjacent to an activating group) is 1. The summed E-state index contributed by atoms with van der Waals surface area (Å²) in [5, 5.41) is 3.09. The number of aromatic nitrogens is 2. The molecule has 1 aliphatic heterocycles. The predicted molar refractivity (Wildman–Crippen MR) is 98.3 cm³/mol. The van der Waals surface area contributed by atoms with Gasteiger partial charge in [-0.3, -0.25) is 4.90 Å². The normalized spacial score (nSPS) is 17.0. The molecule has 1 saturated heterocycles. The van der Waals surface area contributed by atoms with E-state index in [9.17, 15) is 17.6 Å². The maximum atomic E-state index is 14.2. The van der Waals surface area contributed by atoms with E-state index in [4.69, 9.17) is 5.73 Å². The zero-order valence-electron chi connectivity index (χ0n) is 15.4. The quantitative estimate of drug-likeness (QED) is 0.754. The molecule has 1 unspecified atom stereocenters. The van der Waals surface area contributed by atoms with Gasteiger partial charge in [-0.25, -0.2) is 9.97 Å². The topological polar surface area (TPSA) is 70.3 Å². The molecule has 0 saturated carbocycles. The van der Waals surface area contributed by atoms with E-state index in [1.165, 1.54) is 18.5 Å². The maximum absolute atomic E-state index is 14.2. The molecule has 0 aliphatic carbocycles. The minimum atomic E-state index is -4.36. The van der Waals surface area contributed by atoms with Crippen molar-refractivity contribution >= 4 is 11.6 Å². The van der Waals surface area contributed by atoms with E-state index >= 15 is 0 Å². The number of alkyl halides is 3. The minimum Gasteiger partial charge on any atom is -0.381 e. The molecule has 0 amide bonds. The average molecular weight is 398 g/mol. The lowest BCUT2D eigenvalue weighted by molar-refractivity contribution is -0.137. The van der Waals surface area contributed by atoms with E-state index in [1.54, 1.807) is 11.9 Å². The number of nitrogens with one attached hydrogen (secondary N) is 1. The van der Waals surface area contributed by atoms with Crippen LogP contribution < -0.4 is 16.0 Å². The van der Waals surface area contributed by atoms with Gasteiger partial charge in [-0.05, 0) is 24.7 Å². The van der Waals surface area contributed by atoms with Crippen LogP contribution in [-0.4, -0.2) is 54.6 Å². The Labute approximate surface area is 160 Å². The second kappa shape index (κ2) is 8.27. The fourth-order valence-electron chi connectivity index (χ4n) is 3.38. The first-order chi connectivity index (χ1) is 13.3. The summed E-state index contributed by atoms with van der Waals surface area (Å²) >= 11 is 0. The first-order valence-corrected chi connectivity index (χ1v) is 8.88. The molecule has 3 rings (SSSR count). The highest BCUT2D eigenvalue weighted by Gasteiger charge is 2.31. The predicted octanol–water partition coefficient (Wildman–Crippen LogP) is 2.30. The highest BCUT2D eigenvalue weighted by atomic mass is 19.4. The number of hydrogen-bond donors (Lipinski definition) is 2. The first-order valence-electron chi connectivity index (χ1n) is 8.88. The van der Waals surface area contributed by atoms with Gasteiger partial charge >= 0.3 is 6.18 Å². The zero-order chi connectivity index (χ0) is 20.3. The van der Waals surface area contributed by atoms with Crippen LogP contribution in [0, 0.1) is 5.82 Å². The summed E-state index contributed by atoms with van der Waals surface area (Å²) in [5.74, 6) is -0.650. The molecule has 1 fully saturated rings. The lowest BCUT2D eigenvalue weighted by Crippen LogP contribution is -2.49. The fourth-order valence-corrected chi connectivity index (χ4v) is 3.38. The van der Waals surface area contributed by atoms with Crippen molar-refractivity contribution < 1.29 is 17.6 Å². The molecule has 3 N–H and O–H groups in total. The molecular formula is C18H22F4N6. The van der Waals surface area contributed by atoms with Crippen molar-refractivity contribution in [1.29, 1.82) is 0 Å². The van der Waals surface area contributed by atoms with Gasteiger partial charge in [0, 0.05) is 38.8 Å². The Bertz CT molecular complexity index is 788. The summed E-state index contributed by atoms with van der Waals surface area (Å²) in [4.78, 5) is 11.6. The molecular weight excluding hydrogens is 376 g/mol. The lowest BCUT2D eigenvalue weighted by atomic mass is 10.0. The van der Waals surface area contributed by atoms with E-state index in [2.05, 4.69) is 20.2 Å². The second-order valence-corrected chi connectivity index (χ2v) is 6.61. The summed E-state index contributed by atoms with van der Waals surface area (Å²) < 4.78 is 52.6. The average Bonchev–Trinajstić information content (AvgIpc) is 2.68. The van der Waals surface area contributed by atoms with Crippen molar-refractivity contribution in [3.8, 4) is 0 Å². The number of nitrogen functional groups attached to an aromatic ring is 1. The van der Waals surface area contributed by atoms with Crippen molar-refractivity contribution in [2.75, 3.05) is 50.4 Å². The molecule has 0 radical (unpaired) electrons. The van der Waals surface area contributed by atoms with E-state index < -0.39 is 17.6 Å². The summed E-state index contributed by atoms with van der Waals surface area (Å²) in [6.45, 7) is 2.84. The van der Waals surface area contributed by atoms with Crippen molar-refractivity contribution in [1.82, 2.24) is 20.2 Å². The number of benzene rings is 1. The molecule has 2 heterocycles. The fraction of sp³-hybridized carbons (Fsp3) is 0.444. The Morgan fingerprint density at radius 3 is 2.32 bits per heavy atom. The van der Waals surface area contributed by atoms with Crippen LogP contribution in [0.3, 0.4) is 0 Å². The van der Waals surface area contributed by atoms with Crippen LogP contribution in [0.25, 0.3) is 0 Å². The van der Waals surface area contributed by atoms with Crippen LogP contribution in [-0.2, 0) is 6.18 Å². The van der Waals surface area contributed by atoms with Gasteiger partial charge in [-0.1, -0.05) is 12.1 Å². The molecule has 152 valence electrons. The van der Waals surface area contributed by atoms with Crippen molar-refractivity contribution in [2.45, 2.75) is 12.2 Å². The smallest absolute Gasteiger partial charge is 0.381 e. The van der Waals surface area contributed by atoms with Crippen molar-refractivity contribution in [3.63, 3.8) is 0 Å². The Hall–Kier alpha value is -2.46. The third-order valence-electron chi connectivity index (χ3n) is 4.87. The molecule has 1 aromatic carbocycles. The van der Waals surface area contributed by atoms with Crippen LogP contribution in [0.4, 0.5) is 29.2 Å². The van der Waals surface area contributed by atoms with Gasteiger partial charge in [0.05, 0.1) is 5.56 Å². The molecule has 28 heavy (non-hydrogen) atoms. The van der Waals surface area contributed by atoms with Gasteiger partial charge in [0.15, 0.2) is 11.6 Å². The monoisotopic (exact) mass is 398 g/mol. The molecule has 1 aromatic heterocycles. The number of halogens is 4. The molecule has 1 atom stereocenters. The lowest BCUT2D eigenvalue weighted by Gasteiger charge is -2.40. The van der Waals surface area contributed by atoms with Crippen LogP contribution in [0.15, 0.2) is 30.6 Å². The summed E-state index contributed by atoms with van der Waals surface area (Å²) in [6, 6.07) is 5.15. The molecule has 0 bridgehead atoms. The SMILES string of the molecule is CNCC(c1ccc(C(F)(F)F)cc1)N1CCN(c2ncnc(N)c2F)CC1. The van der Waals surface area contributed by atoms with Crippen LogP contribution in [0.5, 0.6) is 0 Å². The minimum absolute atomic E-state index is 0.0882. The third-order valence-corrected chi connectivity index (χ3v) is 4.87. The maximum Gasteiger partial charge on any atom is 0.416 e. The van der Waals surface area contributed by atoms with Crippen LogP contribution in [0.2, 0.25) is 0 Å². The summed E-state index contributed by atoms with van der Waals surface area (Å²) in [5.41, 5.74) is 5.64. The van der Waals surface area contributed by atoms with E-state index in [1.807, 2.05) is 0 Å². The number of rotatable bonds is 5. The summed E-state index contributed by atoms with van der Waals surface area (Å²) in [6.07, 6.45) is -3.13. The van der Waals surface area contributed by atoms with E-state index in [-0.39, 0.29) is 17.7 Å². The Morgan fingerprint density at radius 1 is 1.11 bits per heavy atom. The Morgan fingerprint density at radius 2 is 1.75 bits per heavy atom. The number of anilines is 2. The number of hydrogen-bond acceptors (Lipinski definition) is 6. The first kappa shape index (κ1) is 20.3. The highest BCUT2D eigenvalue weighted by molar-refractivity contribution is 5.48. The number of nitrogens with zero attached hydrogens (tertiary/aromatic N) is 4. The van der Waals surface area contributed by atoms with Crippen molar-refractivity contribution in [3.05, 3.63) is 47.5 Å². The van der Waals surface area contributed by atoms with Crippen LogP contribution in [0.1, 0.15) is 17.2 Å². The molecule has 10 heteroatoms. The van der Waals surface area contributed by atoms with Gasteiger partial charge in [-0.2, -0.15) is 17.6 Å². The van der Waals surface area contributed by atoms with E-state index in [0.29, 0.717) is 32.7 Å². The Balaban J connectivity index is 1.72. The van der Waals surface area contributed by atoms with Gasteiger partial charge in [-0.15, -0.1) is 0 Å². The van der Waals surface area contributed by atoms with E-state index in [0.717, 1.165) is 17.7 Å². The standard InChI is InChI=1S/C18H22F4N6/c1-24-10-14(12-2-4-13(5-3-12)18(20,21)22)27-6-8-28(9-7-27)17-15(19)16(23)25-11-26-17/h2-5,11,14,24H,6-10H2,1H3,(H2,23,25,26). The molecule has 0 spiro atoms. The second-order valence-electron chi connectivity index (χ2n) is 6.61. The third kappa shape index (κ3) is 4.33. The van der Waals surface area contributed by atoms with Crippen LogP contribution >= 0.6 is 0 Å². The molecule has 1 aliphatic rings. The van der Waals surface area contributed by atoms with Gasteiger partial charge < -0.3 is 16.0 Å². The van der Waals surface area contributed by atoms with Gasteiger partial charge in [0.25, 0.3) is 0 Å². The Kier molecular flexibility index (Phi) is 5.99. The molecule has 2 aromatic rings. The van der Waals surface area contributed by atoms with Gasteiger partial charge in [0.1, 0.15) is 6.33 Å². The number of piperazine rings is 1. The largest absolute Gasteiger partial charge is 0.416 e. The van der Waals surface area contributed by atoms with Crippen molar-refractivity contribution in [2.24, 2.45) is 0 Å². The number of nitrogens with two attached hydrogens (primary N) is 1.